The van der Waals surface area contributed by atoms with E-state index in [0.29, 0.717) is 0 Å². The van der Waals surface area contributed by atoms with E-state index in [4.69, 9.17) is 5.73 Å². The van der Waals surface area contributed by atoms with Gasteiger partial charge in [-0.05, 0) is 32.6 Å². The molecule has 0 aromatic carbocycles. The SMILES string of the molecule is Cc1nc(C(N)C2=CCCCCCC2)cs1. The molecule has 1 unspecified atom stereocenters. The van der Waals surface area contributed by atoms with Gasteiger partial charge in [0, 0.05) is 5.38 Å². The molecule has 0 radical (unpaired) electrons. The van der Waals surface area contributed by atoms with Gasteiger partial charge in [-0.15, -0.1) is 11.3 Å². The van der Waals surface area contributed by atoms with Gasteiger partial charge in [0.25, 0.3) is 0 Å². The summed E-state index contributed by atoms with van der Waals surface area (Å²) in [5.74, 6) is 0. The van der Waals surface area contributed by atoms with E-state index in [0.717, 1.165) is 17.1 Å². The minimum Gasteiger partial charge on any atom is -0.319 e. The van der Waals surface area contributed by atoms with E-state index >= 15 is 0 Å². The van der Waals surface area contributed by atoms with Crippen LogP contribution in [0.2, 0.25) is 0 Å². The molecule has 0 aliphatic heterocycles. The van der Waals surface area contributed by atoms with Crippen LogP contribution in [0, 0.1) is 6.92 Å². The summed E-state index contributed by atoms with van der Waals surface area (Å²) >= 11 is 1.69. The van der Waals surface area contributed by atoms with Crippen molar-refractivity contribution in [2.75, 3.05) is 0 Å². The molecule has 3 heteroatoms. The topological polar surface area (TPSA) is 38.9 Å². The Hall–Kier alpha value is -0.670. The predicted molar refractivity (Wildman–Crippen MR) is 69.6 cm³/mol. The highest BCUT2D eigenvalue weighted by molar-refractivity contribution is 7.09. The third-order valence-corrected chi connectivity index (χ3v) is 3.97. The second-order valence-electron chi connectivity index (χ2n) is 4.50. The zero-order chi connectivity index (χ0) is 11.4. The summed E-state index contributed by atoms with van der Waals surface area (Å²) in [6.45, 7) is 2.04. The molecule has 1 aromatic rings. The number of hydrogen-bond acceptors (Lipinski definition) is 3. The number of allylic oxidation sites excluding steroid dienone is 1. The molecular formula is C13H20N2S. The van der Waals surface area contributed by atoms with Crippen LogP contribution in [0.15, 0.2) is 17.0 Å². The molecule has 1 aromatic heterocycles. The molecule has 1 aliphatic carbocycles. The van der Waals surface area contributed by atoms with Gasteiger partial charge < -0.3 is 5.73 Å². The lowest BCUT2D eigenvalue weighted by atomic mass is 9.94. The van der Waals surface area contributed by atoms with Gasteiger partial charge in [0.05, 0.1) is 16.7 Å². The van der Waals surface area contributed by atoms with Gasteiger partial charge in [0.2, 0.25) is 0 Å². The average Bonchev–Trinajstić information content (AvgIpc) is 2.63. The molecule has 0 amide bonds. The molecule has 88 valence electrons. The Labute approximate surface area is 102 Å². The molecule has 16 heavy (non-hydrogen) atoms. The summed E-state index contributed by atoms with van der Waals surface area (Å²) < 4.78 is 0. The van der Waals surface area contributed by atoms with Gasteiger partial charge in [-0.25, -0.2) is 4.98 Å². The fraction of sp³-hybridized carbons (Fsp3) is 0.615. The third-order valence-electron chi connectivity index (χ3n) is 3.18. The molecular weight excluding hydrogens is 216 g/mol. The minimum absolute atomic E-state index is 0.0306. The summed E-state index contributed by atoms with van der Waals surface area (Å²) in [5, 5.41) is 3.21. The first kappa shape index (κ1) is 11.8. The first-order chi connectivity index (χ1) is 7.77. The van der Waals surface area contributed by atoms with Crippen LogP contribution in [0.3, 0.4) is 0 Å². The van der Waals surface area contributed by atoms with Crippen LogP contribution in [0.4, 0.5) is 0 Å². The first-order valence-corrected chi connectivity index (χ1v) is 7.02. The minimum atomic E-state index is 0.0306. The van der Waals surface area contributed by atoms with Crippen molar-refractivity contribution in [2.24, 2.45) is 5.73 Å². The van der Waals surface area contributed by atoms with Gasteiger partial charge in [-0.3, -0.25) is 0 Å². The van der Waals surface area contributed by atoms with Gasteiger partial charge >= 0.3 is 0 Å². The Morgan fingerprint density at radius 1 is 1.31 bits per heavy atom. The number of aryl methyl sites for hydroxylation is 1. The largest absolute Gasteiger partial charge is 0.319 e. The number of aromatic nitrogens is 1. The van der Waals surface area contributed by atoms with Crippen molar-refractivity contribution in [3.05, 3.63) is 27.7 Å². The molecule has 2 nitrogen and oxygen atoms in total. The number of hydrogen-bond donors (Lipinski definition) is 1. The standard InChI is InChI=1S/C13H20N2S/c1-10-15-12(9-16-10)13(14)11-7-5-3-2-4-6-8-11/h7,9,13H,2-6,8,14H2,1H3. The van der Waals surface area contributed by atoms with Crippen LogP contribution in [0.5, 0.6) is 0 Å². The van der Waals surface area contributed by atoms with Gasteiger partial charge in [-0.2, -0.15) is 0 Å². The highest BCUT2D eigenvalue weighted by Gasteiger charge is 2.15. The van der Waals surface area contributed by atoms with E-state index in [1.807, 2.05) is 6.92 Å². The molecule has 1 heterocycles. The maximum Gasteiger partial charge on any atom is 0.0898 e. The molecule has 0 saturated carbocycles. The number of nitrogens with zero attached hydrogens (tertiary/aromatic N) is 1. The second kappa shape index (κ2) is 5.60. The van der Waals surface area contributed by atoms with Crippen molar-refractivity contribution >= 4 is 11.3 Å². The Morgan fingerprint density at radius 3 is 2.88 bits per heavy atom. The van der Waals surface area contributed by atoms with Crippen LogP contribution in [0.1, 0.15) is 55.3 Å². The third kappa shape index (κ3) is 2.92. The van der Waals surface area contributed by atoms with Crippen molar-refractivity contribution in [1.82, 2.24) is 4.98 Å². The maximum atomic E-state index is 6.28. The zero-order valence-corrected chi connectivity index (χ0v) is 10.7. The molecule has 1 aliphatic rings. The Balaban J connectivity index is 2.09. The van der Waals surface area contributed by atoms with E-state index in [1.54, 1.807) is 11.3 Å². The smallest absolute Gasteiger partial charge is 0.0898 e. The molecule has 0 saturated heterocycles. The molecule has 1 atom stereocenters. The fourth-order valence-electron chi connectivity index (χ4n) is 2.21. The Kier molecular flexibility index (Phi) is 4.13. The summed E-state index contributed by atoms with van der Waals surface area (Å²) in [6, 6.07) is 0.0306. The lowest BCUT2D eigenvalue weighted by molar-refractivity contribution is 0.600. The quantitative estimate of drug-likeness (QED) is 0.795. The normalized spacial score (nSPS) is 19.8. The molecule has 0 spiro atoms. The van der Waals surface area contributed by atoms with Crippen LogP contribution in [-0.4, -0.2) is 4.98 Å². The molecule has 0 bridgehead atoms. The van der Waals surface area contributed by atoms with Crippen LogP contribution < -0.4 is 5.73 Å². The van der Waals surface area contributed by atoms with Crippen molar-refractivity contribution in [3.8, 4) is 0 Å². The monoisotopic (exact) mass is 236 g/mol. The summed E-state index contributed by atoms with van der Waals surface area (Å²) in [6.07, 6.45) is 9.99. The molecule has 2 rings (SSSR count). The van der Waals surface area contributed by atoms with E-state index in [-0.39, 0.29) is 6.04 Å². The summed E-state index contributed by atoms with van der Waals surface area (Å²) in [7, 11) is 0. The number of rotatable bonds is 2. The van der Waals surface area contributed by atoms with Crippen LogP contribution >= 0.6 is 11.3 Å². The fourth-order valence-corrected chi connectivity index (χ4v) is 2.86. The van der Waals surface area contributed by atoms with E-state index < -0.39 is 0 Å². The van der Waals surface area contributed by atoms with Crippen molar-refractivity contribution in [2.45, 2.75) is 51.5 Å². The van der Waals surface area contributed by atoms with Crippen molar-refractivity contribution < 1.29 is 0 Å². The average molecular weight is 236 g/mol. The number of nitrogens with two attached hydrogens (primary N) is 1. The Morgan fingerprint density at radius 2 is 2.12 bits per heavy atom. The number of thiazole rings is 1. The van der Waals surface area contributed by atoms with Crippen LogP contribution in [-0.2, 0) is 0 Å². The van der Waals surface area contributed by atoms with E-state index in [9.17, 15) is 0 Å². The van der Waals surface area contributed by atoms with Gasteiger partial charge in [-0.1, -0.05) is 24.5 Å². The zero-order valence-electron chi connectivity index (χ0n) is 9.91. The van der Waals surface area contributed by atoms with Crippen molar-refractivity contribution in [1.29, 1.82) is 0 Å². The maximum absolute atomic E-state index is 6.28. The molecule has 2 N–H and O–H groups in total. The lowest BCUT2D eigenvalue weighted by Gasteiger charge is -2.16. The van der Waals surface area contributed by atoms with Crippen molar-refractivity contribution in [3.63, 3.8) is 0 Å². The molecule has 0 fully saturated rings. The predicted octanol–water partition coefficient (Wildman–Crippen LogP) is 3.73. The van der Waals surface area contributed by atoms with Gasteiger partial charge in [0.15, 0.2) is 0 Å². The summed E-state index contributed by atoms with van der Waals surface area (Å²) in [5.41, 5.74) is 8.72. The van der Waals surface area contributed by atoms with E-state index in [1.165, 1.54) is 37.7 Å². The van der Waals surface area contributed by atoms with Crippen LogP contribution in [0.25, 0.3) is 0 Å². The highest BCUT2D eigenvalue weighted by Crippen LogP contribution is 2.27. The first-order valence-electron chi connectivity index (χ1n) is 6.14. The van der Waals surface area contributed by atoms with E-state index in [2.05, 4.69) is 16.4 Å². The Bertz CT molecular complexity index is 368. The lowest BCUT2D eigenvalue weighted by Crippen LogP contribution is -2.14. The highest BCUT2D eigenvalue weighted by atomic mass is 32.1. The summed E-state index contributed by atoms with van der Waals surface area (Å²) in [4.78, 5) is 4.49. The van der Waals surface area contributed by atoms with Gasteiger partial charge in [0.1, 0.15) is 0 Å². The second-order valence-corrected chi connectivity index (χ2v) is 5.56.